The van der Waals surface area contributed by atoms with E-state index in [1.807, 2.05) is 35.4 Å². The highest BCUT2D eigenvalue weighted by Crippen LogP contribution is 2.31. The van der Waals surface area contributed by atoms with Crippen molar-refractivity contribution in [1.82, 2.24) is 24.7 Å². The van der Waals surface area contributed by atoms with Crippen molar-refractivity contribution in [2.45, 2.75) is 52.0 Å². The highest BCUT2D eigenvalue weighted by Gasteiger charge is 2.30. The monoisotopic (exact) mass is 383 g/mol. The minimum Gasteiger partial charge on any atom is -0.476 e. The fourth-order valence-corrected chi connectivity index (χ4v) is 3.82. The van der Waals surface area contributed by atoms with E-state index in [-0.39, 0.29) is 11.9 Å². The molecular formula is C20H25N5O3. The third kappa shape index (κ3) is 3.72. The molecule has 1 aliphatic heterocycles. The molecule has 148 valence electrons. The van der Waals surface area contributed by atoms with Crippen LogP contribution in [0.5, 0.6) is 5.88 Å². The molecule has 0 saturated carbocycles. The van der Waals surface area contributed by atoms with Gasteiger partial charge in [0.25, 0.3) is 5.88 Å². The number of carbonyl (C=O) groups is 1. The fraction of sp³-hybridized carbons (Fsp3) is 0.500. The van der Waals surface area contributed by atoms with Gasteiger partial charge < -0.3 is 14.2 Å². The number of hydrogen-bond acceptors (Lipinski definition) is 6. The Hall–Kier alpha value is -2.90. The normalized spacial score (nSPS) is 17.2. The van der Waals surface area contributed by atoms with E-state index in [4.69, 9.17) is 9.26 Å². The predicted molar refractivity (Wildman–Crippen MR) is 102 cm³/mol. The second-order valence-electron chi connectivity index (χ2n) is 7.09. The third-order valence-corrected chi connectivity index (χ3v) is 5.09. The van der Waals surface area contributed by atoms with E-state index >= 15 is 0 Å². The maximum atomic E-state index is 13.0. The first-order chi connectivity index (χ1) is 13.7. The molecule has 1 fully saturated rings. The average molecular weight is 383 g/mol. The maximum absolute atomic E-state index is 13.0. The zero-order valence-corrected chi connectivity index (χ0v) is 16.3. The summed E-state index contributed by atoms with van der Waals surface area (Å²) in [6.07, 6.45) is 5.73. The quantitative estimate of drug-likeness (QED) is 0.650. The van der Waals surface area contributed by atoms with Crippen LogP contribution in [0.3, 0.4) is 0 Å². The minimum absolute atomic E-state index is 0.0137. The van der Waals surface area contributed by atoms with Crippen molar-refractivity contribution in [3.63, 3.8) is 0 Å². The van der Waals surface area contributed by atoms with Crippen LogP contribution in [-0.2, 0) is 11.2 Å². The molecule has 8 heteroatoms. The van der Waals surface area contributed by atoms with Crippen molar-refractivity contribution in [1.29, 1.82) is 0 Å². The molecule has 4 heterocycles. The number of ether oxygens (including phenoxy) is 1. The van der Waals surface area contributed by atoms with Crippen molar-refractivity contribution in [2.75, 3.05) is 13.2 Å². The van der Waals surface area contributed by atoms with E-state index in [0.29, 0.717) is 31.1 Å². The molecule has 0 radical (unpaired) electrons. The van der Waals surface area contributed by atoms with E-state index in [0.717, 1.165) is 42.8 Å². The minimum atomic E-state index is 0.0137. The van der Waals surface area contributed by atoms with Crippen LogP contribution in [-0.4, -0.2) is 43.7 Å². The van der Waals surface area contributed by atoms with Gasteiger partial charge in [-0.25, -0.2) is 9.50 Å². The number of aryl methyl sites for hydroxylation is 2. The molecular weight excluding hydrogens is 358 g/mol. The molecule has 4 rings (SSSR count). The van der Waals surface area contributed by atoms with Crippen molar-refractivity contribution in [3.8, 4) is 5.88 Å². The van der Waals surface area contributed by atoms with Gasteiger partial charge in [-0.2, -0.15) is 5.10 Å². The number of likely N-dealkylation sites (tertiary alicyclic amines) is 1. The molecule has 3 aromatic rings. The number of piperidine rings is 1. The Kier molecular flexibility index (Phi) is 5.27. The van der Waals surface area contributed by atoms with Gasteiger partial charge in [0.05, 0.1) is 24.0 Å². The molecule has 0 aromatic carbocycles. The molecule has 1 atom stereocenters. The highest BCUT2D eigenvalue weighted by atomic mass is 16.5. The molecule has 8 nitrogen and oxygen atoms in total. The summed E-state index contributed by atoms with van der Waals surface area (Å²) in [7, 11) is 0. The number of hydrogen-bond donors (Lipinski definition) is 0. The highest BCUT2D eigenvalue weighted by molar-refractivity contribution is 5.77. The molecule has 1 amide bonds. The summed E-state index contributed by atoms with van der Waals surface area (Å²) in [6.45, 7) is 5.14. The van der Waals surface area contributed by atoms with Gasteiger partial charge in [0.2, 0.25) is 5.91 Å². The Bertz CT molecular complexity index is 964. The third-order valence-electron chi connectivity index (χ3n) is 5.09. The van der Waals surface area contributed by atoms with E-state index in [1.54, 1.807) is 12.3 Å². The molecule has 1 saturated heterocycles. The van der Waals surface area contributed by atoms with E-state index < -0.39 is 0 Å². The first kappa shape index (κ1) is 18.5. The standard InChI is InChI=1S/C20H25N5O3/c1-3-27-19-13-15(28-23-19)7-8-20(26)24-11-5-4-6-16(24)17-9-10-21-18-12-14(2)22-25(17)18/h9-10,12-13,16H,3-8,11H2,1-2H3. The Balaban J connectivity index is 1.50. The maximum Gasteiger partial charge on any atom is 0.254 e. The zero-order chi connectivity index (χ0) is 19.5. The summed E-state index contributed by atoms with van der Waals surface area (Å²) >= 11 is 0. The lowest BCUT2D eigenvalue weighted by molar-refractivity contribution is -0.135. The lowest BCUT2D eigenvalue weighted by Gasteiger charge is -2.36. The molecule has 0 aliphatic carbocycles. The molecule has 0 bridgehead atoms. The second-order valence-corrected chi connectivity index (χ2v) is 7.09. The Morgan fingerprint density at radius 1 is 1.36 bits per heavy atom. The first-order valence-electron chi connectivity index (χ1n) is 9.85. The number of aromatic nitrogens is 4. The van der Waals surface area contributed by atoms with Gasteiger partial charge >= 0.3 is 0 Å². The van der Waals surface area contributed by atoms with Gasteiger partial charge in [-0.1, -0.05) is 0 Å². The van der Waals surface area contributed by atoms with E-state index in [2.05, 4.69) is 15.2 Å². The van der Waals surface area contributed by atoms with Crippen LogP contribution < -0.4 is 4.74 Å². The van der Waals surface area contributed by atoms with Gasteiger partial charge in [0.15, 0.2) is 5.65 Å². The van der Waals surface area contributed by atoms with Crippen LogP contribution in [0.2, 0.25) is 0 Å². The summed E-state index contributed by atoms with van der Waals surface area (Å²) in [6, 6.07) is 5.70. The molecule has 0 spiro atoms. The number of rotatable bonds is 6. The lowest BCUT2D eigenvalue weighted by Crippen LogP contribution is -2.39. The second kappa shape index (κ2) is 8.00. The molecule has 3 aromatic heterocycles. The van der Waals surface area contributed by atoms with Crippen LogP contribution in [0, 0.1) is 6.92 Å². The molecule has 28 heavy (non-hydrogen) atoms. The van der Waals surface area contributed by atoms with Crippen LogP contribution in [0.1, 0.15) is 55.8 Å². The average Bonchev–Trinajstić information content (AvgIpc) is 3.31. The first-order valence-corrected chi connectivity index (χ1v) is 9.85. The lowest BCUT2D eigenvalue weighted by atomic mass is 9.98. The number of amides is 1. The van der Waals surface area contributed by atoms with Crippen LogP contribution in [0.25, 0.3) is 5.65 Å². The van der Waals surface area contributed by atoms with Crippen molar-refractivity contribution in [3.05, 3.63) is 41.5 Å². The molecule has 1 unspecified atom stereocenters. The Morgan fingerprint density at radius 3 is 3.11 bits per heavy atom. The van der Waals surface area contributed by atoms with Gasteiger partial charge in [0.1, 0.15) is 5.76 Å². The SMILES string of the molecule is CCOc1cc(CCC(=O)N2CCCCC2c2ccnc3cc(C)nn23)on1. The fourth-order valence-electron chi connectivity index (χ4n) is 3.82. The van der Waals surface area contributed by atoms with Gasteiger partial charge in [0, 0.05) is 37.7 Å². The van der Waals surface area contributed by atoms with Crippen LogP contribution in [0.15, 0.2) is 28.9 Å². The predicted octanol–water partition coefficient (Wildman–Crippen LogP) is 3.11. The van der Waals surface area contributed by atoms with Crippen molar-refractivity contribution < 1.29 is 14.1 Å². The topological polar surface area (TPSA) is 85.8 Å². The number of fused-ring (bicyclic) bond motifs is 1. The van der Waals surface area contributed by atoms with E-state index in [9.17, 15) is 4.79 Å². The molecule has 1 aliphatic rings. The van der Waals surface area contributed by atoms with Gasteiger partial charge in [-0.15, -0.1) is 0 Å². The van der Waals surface area contributed by atoms with Crippen molar-refractivity contribution >= 4 is 11.6 Å². The largest absolute Gasteiger partial charge is 0.476 e. The summed E-state index contributed by atoms with van der Waals surface area (Å²) in [5, 5.41) is 8.43. The summed E-state index contributed by atoms with van der Waals surface area (Å²) < 4.78 is 12.4. The van der Waals surface area contributed by atoms with Gasteiger partial charge in [-0.3, -0.25) is 4.79 Å². The summed E-state index contributed by atoms with van der Waals surface area (Å²) in [5.74, 6) is 1.25. The molecule has 0 N–H and O–H groups in total. The zero-order valence-electron chi connectivity index (χ0n) is 16.3. The Labute approximate surface area is 163 Å². The number of nitrogens with zero attached hydrogens (tertiary/aromatic N) is 5. The van der Waals surface area contributed by atoms with Gasteiger partial charge in [-0.05, 0) is 44.3 Å². The van der Waals surface area contributed by atoms with E-state index in [1.165, 1.54) is 0 Å². The van der Waals surface area contributed by atoms with Crippen molar-refractivity contribution in [2.24, 2.45) is 0 Å². The smallest absolute Gasteiger partial charge is 0.254 e. The summed E-state index contributed by atoms with van der Waals surface area (Å²) in [4.78, 5) is 19.4. The number of carbonyl (C=O) groups excluding carboxylic acids is 1. The Morgan fingerprint density at radius 2 is 2.25 bits per heavy atom. The van der Waals surface area contributed by atoms with Crippen LogP contribution in [0.4, 0.5) is 0 Å². The summed E-state index contributed by atoms with van der Waals surface area (Å²) in [5.41, 5.74) is 2.76. The van der Waals surface area contributed by atoms with Crippen LogP contribution >= 0.6 is 0 Å².